The van der Waals surface area contributed by atoms with Crippen LogP contribution in [0.5, 0.6) is 5.75 Å². The monoisotopic (exact) mass is 482 g/mol. The van der Waals surface area contributed by atoms with Crippen LogP contribution in [0.4, 0.5) is 0 Å². The second-order valence-corrected chi connectivity index (χ2v) is 9.40. The van der Waals surface area contributed by atoms with Gasteiger partial charge < -0.3 is 9.26 Å². The van der Waals surface area contributed by atoms with E-state index in [-0.39, 0.29) is 11.6 Å². The van der Waals surface area contributed by atoms with Gasteiger partial charge in [0.1, 0.15) is 5.75 Å². The second-order valence-electron chi connectivity index (χ2n) is 8.02. The molecule has 1 aliphatic carbocycles. The molecule has 0 radical (unpaired) electrons. The van der Waals surface area contributed by atoms with Gasteiger partial charge in [0.25, 0.3) is 5.56 Å². The molecule has 1 fully saturated rings. The maximum atomic E-state index is 13.4. The Kier molecular flexibility index (Phi) is 6.37. The third-order valence-corrected chi connectivity index (χ3v) is 7.08. The normalized spacial score (nSPS) is 14.6. The molecule has 33 heavy (non-hydrogen) atoms. The van der Waals surface area contributed by atoms with Crippen LogP contribution in [0.2, 0.25) is 5.02 Å². The Bertz CT molecular complexity index is 1350. The minimum Gasteiger partial charge on any atom is -0.496 e. The summed E-state index contributed by atoms with van der Waals surface area (Å²) in [6.07, 6.45) is 5.40. The molecular weight excluding hydrogens is 460 g/mol. The van der Waals surface area contributed by atoms with Gasteiger partial charge in [-0.05, 0) is 43.2 Å². The molecule has 170 valence electrons. The van der Waals surface area contributed by atoms with E-state index in [2.05, 4.69) is 10.1 Å². The van der Waals surface area contributed by atoms with Gasteiger partial charge in [-0.1, -0.05) is 59.9 Å². The molecule has 0 aliphatic heterocycles. The number of fused-ring (bicyclic) bond motifs is 1. The topological polar surface area (TPSA) is 83.0 Å². The van der Waals surface area contributed by atoms with Crippen molar-refractivity contribution >= 4 is 34.3 Å². The van der Waals surface area contributed by atoms with Gasteiger partial charge >= 0.3 is 0 Å². The quantitative estimate of drug-likeness (QED) is 0.249. The van der Waals surface area contributed by atoms with Crippen LogP contribution < -0.4 is 10.3 Å². The molecule has 2 heterocycles. The average Bonchev–Trinajstić information content (AvgIpc) is 3.32. The van der Waals surface area contributed by atoms with Crippen molar-refractivity contribution in [2.24, 2.45) is 0 Å². The number of aromatic nitrogens is 4. The van der Waals surface area contributed by atoms with E-state index < -0.39 is 0 Å². The van der Waals surface area contributed by atoms with Crippen molar-refractivity contribution in [2.75, 3.05) is 7.11 Å². The molecule has 0 saturated heterocycles. The van der Waals surface area contributed by atoms with E-state index in [9.17, 15) is 4.79 Å². The van der Waals surface area contributed by atoms with E-state index in [0.29, 0.717) is 44.3 Å². The maximum Gasteiger partial charge on any atom is 0.262 e. The van der Waals surface area contributed by atoms with Crippen LogP contribution in [-0.2, 0) is 5.75 Å². The van der Waals surface area contributed by atoms with Crippen LogP contribution in [0.15, 0.2) is 56.9 Å². The lowest BCUT2D eigenvalue weighted by Gasteiger charge is -2.26. The van der Waals surface area contributed by atoms with E-state index in [4.69, 9.17) is 25.8 Å². The van der Waals surface area contributed by atoms with E-state index in [1.807, 2.05) is 28.8 Å². The number of halogens is 1. The molecule has 0 bridgehead atoms. The Balaban J connectivity index is 1.47. The zero-order valence-electron chi connectivity index (χ0n) is 18.2. The molecule has 1 saturated carbocycles. The zero-order valence-corrected chi connectivity index (χ0v) is 19.7. The van der Waals surface area contributed by atoms with Gasteiger partial charge in [0.05, 0.1) is 29.3 Å². The van der Waals surface area contributed by atoms with Gasteiger partial charge in [-0.15, -0.1) is 0 Å². The van der Waals surface area contributed by atoms with Crippen molar-refractivity contribution in [3.63, 3.8) is 0 Å². The number of ether oxygens (including phenoxy) is 1. The third-order valence-electron chi connectivity index (χ3n) is 5.91. The summed E-state index contributed by atoms with van der Waals surface area (Å²) in [5.74, 6) is 1.99. The molecule has 2 aromatic heterocycles. The molecule has 9 heteroatoms. The number of benzene rings is 2. The summed E-state index contributed by atoms with van der Waals surface area (Å²) < 4.78 is 12.7. The number of thioether (sulfide) groups is 1. The third kappa shape index (κ3) is 4.50. The SMILES string of the molecule is COc1ccccc1-c1noc(CSc2nc3cc(Cl)ccc3c(=O)n2C2CCCCC2)n1. The van der Waals surface area contributed by atoms with Crippen LogP contribution >= 0.6 is 23.4 Å². The summed E-state index contributed by atoms with van der Waals surface area (Å²) in [6, 6.07) is 12.9. The number of para-hydroxylation sites is 1. The molecule has 1 aliphatic rings. The highest BCUT2D eigenvalue weighted by atomic mass is 35.5. The van der Waals surface area contributed by atoms with E-state index >= 15 is 0 Å². The summed E-state index contributed by atoms with van der Waals surface area (Å²) in [5.41, 5.74) is 1.34. The average molecular weight is 483 g/mol. The molecule has 0 unspecified atom stereocenters. The summed E-state index contributed by atoms with van der Waals surface area (Å²) in [6.45, 7) is 0. The number of hydrogen-bond acceptors (Lipinski definition) is 7. The van der Waals surface area contributed by atoms with Crippen molar-refractivity contribution in [3.05, 3.63) is 63.7 Å². The van der Waals surface area contributed by atoms with Gasteiger partial charge in [-0.2, -0.15) is 4.98 Å². The first-order valence-corrected chi connectivity index (χ1v) is 12.3. The standard InChI is InChI=1S/C24H23ClN4O3S/c1-31-20-10-6-5-9-18(20)22-27-21(32-28-22)14-33-24-26-19-13-15(25)11-12-17(19)23(30)29(24)16-7-3-2-4-8-16/h5-6,9-13,16H,2-4,7-8,14H2,1H3. The smallest absolute Gasteiger partial charge is 0.262 e. The molecular formula is C24H23ClN4O3S. The van der Waals surface area contributed by atoms with Crippen LogP contribution in [0.25, 0.3) is 22.3 Å². The number of hydrogen-bond donors (Lipinski definition) is 0. The highest BCUT2D eigenvalue weighted by Crippen LogP contribution is 2.33. The lowest BCUT2D eigenvalue weighted by molar-refractivity contribution is 0.326. The van der Waals surface area contributed by atoms with Crippen LogP contribution in [0.3, 0.4) is 0 Å². The summed E-state index contributed by atoms with van der Waals surface area (Å²) in [4.78, 5) is 22.8. The minimum absolute atomic E-state index is 0.0219. The fraction of sp³-hybridized carbons (Fsp3) is 0.333. The van der Waals surface area contributed by atoms with E-state index in [0.717, 1.165) is 31.2 Å². The van der Waals surface area contributed by atoms with Gasteiger partial charge in [-0.3, -0.25) is 9.36 Å². The highest BCUT2D eigenvalue weighted by Gasteiger charge is 2.23. The second kappa shape index (κ2) is 9.57. The van der Waals surface area contributed by atoms with Crippen molar-refractivity contribution in [3.8, 4) is 17.1 Å². The number of methoxy groups -OCH3 is 1. The highest BCUT2D eigenvalue weighted by molar-refractivity contribution is 7.98. The number of rotatable bonds is 6. The first kappa shape index (κ1) is 22.0. The molecule has 0 amide bonds. The van der Waals surface area contributed by atoms with Crippen LogP contribution in [-0.4, -0.2) is 26.8 Å². The van der Waals surface area contributed by atoms with Crippen LogP contribution in [0, 0.1) is 0 Å². The fourth-order valence-corrected chi connectivity index (χ4v) is 5.36. The molecule has 2 aromatic carbocycles. The fourth-order valence-electron chi connectivity index (χ4n) is 4.29. The summed E-state index contributed by atoms with van der Waals surface area (Å²) >= 11 is 7.60. The Morgan fingerprint density at radius 1 is 1.15 bits per heavy atom. The Morgan fingerprint density at radius 2 is 1.97 bits per heavy atom. The molecule has 0 spiro atoms. The van der Waals surface area contributed by atoms with E-state index in [1.165, 1.54) is 18.2 Å². The summed E-state index contributed by atoms with van der Waals surface area (Å²) in [7, 11) is 1.61. The molecule has 5 rings (SSSR count). The van der Waals surface area contributed by atoms with Crippen LogP contribution in [0.1, 0.15) is 44.0 Å². The van der Waals surface area contributed by atoms with Gasteiger partial charge in [0, 0.05) is 11.1 Å². The van der Waals surface area contributed by atoms with Gasteiger partial charge in [0.15, 0.2) is 5.16 Å². The lowest BCUT2D eigenvalue weighted by Crippen LogP contribution is -2.29. The molecule has 4 aromatic rings. The Hall–Kier alpha value is -2.84. The molecule has 7 nitrogen and oxygen atoms in total. The minimum atomic E-state index is -0.0219. The first-order chi connectivity index (χ1) is 16.1. The predicted molar refractivity (Wildman–Crippen MR) is 129 cm³/mol. The lowest BCUT2D eigenvalue weighted by atomic mass is 9.95. The number of nitrogens with zero attached hydrogens (tertiary/aromatic N) is 4. The van der Waals surface area contributed by atoms with E-state index in [1.54, 1.807) is 25.3 Å². The van der Waals surface area contributed by atoms with Crippen molar-refractivity contribution < 1.29 is 9.26 Å². The van der Waals surface area contributed by atoms with Crippen molar-refractivity contribution in [1.29, 1.82) is 0 Å². The molecule has 0 atom stereocenters. The summed E-state index contributed by atoms with van der Waals surface area (Å²) in [5, 5.41) is 5.91. The Morgan fingerprint density at radius 3 is 2.79 bits per heavy atom. The first-order valence-electron chi connectivity index (χ1n) is 10.9. The largest absolute Gasteiger partial charge is 0.496 e. The van der Waals surface area contributed by atoms with Crippen molar-refractivity contribution in [2.45, 2.75) is 49.1 Å². The van der Waals surface area contributed by atoms with Gasteiger partial charge in [-0.25, -0.2) is 4.98 Å². The van der Waals surface area contributed by atoms with Gasteiger partial charge in [0.2, 0.25) is 11.7 Å². The Labute approximate surface area is 200 Å². The van der Waals surface area contributed by atoms with Crippen molar-refractivity contribution in [1.82, 2.24) is 19.7 Å². The zero-order chi connectivity index (χ0) is 22.8. The molecule has 0 N–H and O–H groups in total. The maximum absolute atomic E-state index is 13.4. The predicted octanol–water partition coefficient (Wildman–Crippen LogP) is 5.91.